The Morgan fingerprint density at radius 2 is 1.96 bits per heavy atom. The van der Waals surface area contributed by atoms with E-state index in [1.54, 1.807) is 18.2 Å². The van der Waals surface area contributed by atoms with Crippen LogP contribution in [-0.2, 0) is 9.53 Å². The van der Waals surface area contributed by atoms with Gasteiger partial charge < -0.3 is 10.1 Å². The summed E-state index contributed by atoms with van der Waals surface area (Å²) in [5.41, 5.74) is -0.175. The molecule has 8 heteroatoms. The number of hydrogen-bond acceptors (Lipinski definition) is 6. The summed E-state index contributed by atoms with van der Waals surface area (Å²) in [7, 11) is 0. The number of esters is 1. The van der Waals surface area contributed by atoms with Crippen LogP contribution in [0.25, 0.3) is 0 Å². The van der Waals surface area contributed by atoms with Gasteiger partial charge in [0.1, 0.15) is 10.6 Å². The summed E-state index contributed by atoms with van der Waals surface area (Å²) < 4.78 is 5.07. The number of thiophene rings is 1. The van der Waals surface area contributed by atoms with Crippen LogP contribution in [0.2, 0.25) is 0 Å². The number of carbonyl (C=O) groups excluding carboxylic acids is 2. The molecule has 1 heterocycles. The topological polar surface area (TPSA) is 98.5 Å². The molecular formula is C15H14N2O5S. The van der Waals surface area contributed by atoms with Gasteiger partial charge in [0.2, 0.25) is 0 Å². The van der Waals surface area contributed by atoms with E-state index in [9.17, 15) is 19.7 Å². The highest BCUT2D eigenvalue weighted by atomic mass is 32.1. The fourth-order valence-electron chi connectivity index (χ4n) is 1.79. The van der Waals surface area contributed by atoms with Crippen molar-refractivity contribution in [2.75, 3.05) is 5.32 Å². The number of nitrogens with zero attached hydrogens (tertiary/aromatic N) is 1. The lowest BCUT2D eigenvalue weighted by molar-refractivity contribution is -0.383. The monoisotopic (exact) mass is 334 g/mol. The van der Waals surface area contributed by atoms with Crippen LogP contribution >= 0.6 is 11.3 Å². The second-order valence-corrected chi connectivity index (χ2v) is 6.01. The highest BCUT2D eigenvalue weighted by Crippen LogP contribution is 2.23. The van der Waals surface area contributed by atoms with Crippen LogP contribution in [-0.4, -0.2) is 22.9 Å². The van der Waals surface area contributed by atoms with Gasteiger partial charge in [0.05, 0.1) is 4.92 Å². The Morgan fingerprint density at radius 3 is 2.57 bits per heavy atom. The van der Waals surface area contributed by atoms with E-state index in [1.807, 2.05) is 6.92 Å². The Kier molecular flexibility index (Phi) is 5.07. The number of nitro groups is 1. The average molecular weight is 334 g/mol. The van der Waals surface area contributed by atoms with Crippen LogP contribution in [0, 0.1) is 17.0 Å². The van der Waals surface area contributed by atoms with E-state index in [0.717, 1.165) is 4.88 Å². The highest BCUT2D eigenvalue weighted by molar-refractivity contribution is 7.13. The van der Waals surface area contributed by atoms with Crippen molar-refractivity contribution in [3.8, 4) is 0 Å². The van der Waals surface area contributed by atoms with Crippen LogP contribution in [0.15, 0.2) is 36.4 Å². The smallest absolute Gasteiger partial charge is 0.349 e. The first kappa shape index (κ1) is 16.6. The van der Waals surface area contributed by atoms with Gasteiger partial charge in [0.25, 0.3) is 11.6 Å². The first-order chi connectivity index (χ1) is 10.9. The quantitative estimate of drug-likeness (QED) is 0.514. The number of benzene rings is 1. The summed E-state index contributed by atoms with van der Waals surface area (Å²) >= 11 is 1.26. The molecule has 0 fully saturated rings. The van der Waals surface area contributed by atoms with Gasteiger partial charge in [-0.3, -0.25) is 14.9 Å². The number of anilines is 1. The Hall–Kier alpha value is -2.74. The van der Waals surface area contributed by atoms with Gasteiger partial charge in [0, 0.05) is 10.9 Å². The molecule has 1 amide bonds. The number of rotatable bonds is 5. The fourth-order valence-corrected chi connectivity index (χ4v) is 2.54. The van der Waals surface area contributed by atoms with Gasteiger partial charge in [-0.2, -0.15) is 0 Å². The molecule has 1 N–H and O–H groups in total. The van der Waals surface area contributed by atoms with Gasteiger partial charge in [-0.05, 0) is 32.0 Å². The molecule has 0 spiro atoms. The van der Waals surface area contributed by atoms with Crippen LogP contribution in [0.5, 0.6) is 0 Å². The minimum Gasteiger partial charge on any atom is -0.448 e. The molecule has 2 rings (SSSR count). The maximum Gasteiger partial charge on any atom is 0.349 e. The fraction of sp³-hybridized carbons (Fsp3) is 0.200. The molecule has 1 aromatic carbocycles. The summed E-state index contributed by atoms with van der Waals surface area (Å²) in [4.78, 5) is 35.6. The molecule has 0 radical (unpaired) electrons. The molecule has 120 valence electrons. The number of nitrogens with one attached hydrogen (secondary N) is 1. The predicted octanol–water partition coefficient (Wildman–Crippen LogP) is 3.15. The third-order valence-corrected chi connectivity index (χ3v) is 3.93. The number of aryl methyl sites for hydroxylation is 1. The molecule has 0 aliphatic heterocycles. The Labute approximate surface area is 136 Å². The molecule has 0 aliphatic carbocycles. The van der Waals surface area contributed by atoms with E-state index in [0.29, 0.717) is 4.88 Å². The van der Waals surface area contributed by atoms with Crippen molar-refractivity contribution in [1.82, 2.24) is 0 Å². The molecule has 7 nitrogen and oxygen atoms in total. The number of hydrogen-bond donors (Lipinski definition) is 1. The molecule has 0 bridgehead atoms. The second-order valence-electron chi connectivity index (χ2n) is 4.72. The summed E-state index contributed by atoms with van der Waals surface area (Å²) in [6.45, 7) is 3.26. The molecular weight excluding hydrogens is 320 g/mol. The van der Waals surface area contributed by atoms with E-state index in [4.69, 9.17) is 4.74 Å². The first-order valence-electron chi connectivity index (χ1n) is 6.70. The van der Waals surface area contributed by atoms with Crippen LogP contribution in [0.4, 0.5) is 11.4 Å². The van der Waals surface area contributed by atoms with Crippen molar-refractivity contribution in [2.45, 2.75) is 20.0 Å². The van der Waals surface area contributed by atoms with Crippen molar-refractivity contribution in [3.05, 3.63) is 56.3 Å². The molecule has 0 saturated heterocycles. The first-order valence-corrected chi connectivity index (χ1v) is 7.52. The SMILES string of the molecule is Cc1ccc(C(=O)OC(C)C(=O)Nc2ccccc2[N+](=O)[O-])s1. The molecule has 23 heavy (non-hydrogen) atoms. The van der Waals surface area contributed by atoms with E-state index >= 15 is 0 Å². The van der Waals surface area contributed by atoms with Crippen molar-refractivity contribution >= 4 is 34.6 Å². The predicted molar refractivity (Wildman–Crippen MR) is 85.7 cm³/mol. The summed E-state index contributed by atoms with van der Waals surface area (Å²) in [5, 5.41) is 13.3. The number of carbonyl (C=O) groups is 2. The normalized spacial score (nSPS) is 11.6. The minimum absolute atomic E-state index is 0.0531. The van der Waals surface area contributed by atoms with Crippen molar-refractivity contribution < 1.29 is 19.2 Å². The number of amides is 1. The standard InChI is InChI=1S/C15H14N2O5S/c1-9-7-8-13(23-9)15(19)22-10(2)14(18)16-11-5-3-4-6-12(11)17(20)21/h3-8,10H,1-2H3,(H,16,18). The average Bonchev–Trinajstić information content (AvgIpc) is 2.94. The number of nitro benzene ring substituents is 1. The zero-order chi connectivity index (χ0) is 17.0. The maximum atomic E-state index is 12.1. The Bertz CT molecular complexity index is 756. The molecule has 0 saturated carbocycles. The molecule has 1 unspecified atom stereocenters. The van der Waals surface area contributed by atoms with Gasteiger partial charge in [-0.15, -0.1) is 11.3 Å². The molecule has 2 aromatic rings. The van der Waals surface area contributed by atoms with Crippen molar-refractivity contribution in [3.63, 3.8) is 0 Å². The Morgan fingerprint density at radius 1 is 1.26 bits per heavy atom. The van der Waals surface area contributed by atoms with E-state index < -0.39 is 22.9 Å². The van der Waals surface area contributed by atoms with Gasteiger partial charge in [-0.1, -0.05) is 12.1 Å². The lowest BCUT2D eigenvalue weighted by Gasteiger charge is -2.13. The van der Waals surface area contributed by atoms with Crippen LogP contribution in [0.1, 0.15) is 21.5 Å². The maximum absolute atomic E-state index is 12.1. The molecule has 0 aliphatic rings. The largest absolute Gasteiger partial charge is 0.448 e. The summed E-state index contributed by atoms with van der Waals surface area (Å²) in [6.07, 6.45) is -1.08. The summed E-state index contributed by atoms with van der Waals surface area (Å²) in [5.74, 6) is -1.24. The lowest BCUT2D eigenvalue weighted by atomic mass is 10.2. The second kappa shape index (κ2) is 7.01. The third-order valence-electron chi connectivity index (χ3n) is 2.95. The van der Waals surface area contributed by atoms with Crippen molar-refractivity contribution in [2.24, 2.45) is 0 Å². The van der Waals surface area contributed by atoms with Gasteiger partial charge in [-0.25, -0.2) is 4.79 Å². The van der Waals surface area contributed by atoms with Gasteiger partial charge in [0.15, 0.2) is 6.10 Å². The Balaban J connectivity index is 2.03. The van der Waals surface area contributed by atoms with Crippen LogP contribution in [0.3, 0.4) is 0 Å². The lowest BCUT2D eigenvalue weighted by Crippen LogP contribution is -2.30. The zero-order valence-corrected chi connectivity index (χ0v) is 13.3. The summed E-state index contributed by atoms with van der Waals surface area (Å²) in [6, 6.07) is 9.15. The van der Waals surface area contributed by atoms with E-state index in [-0.39, 0.29) is 11.4 Å². The van der Waals surface area contributed by atoms with Crippen molar-refractivity contribution in [1.29, 1.82) is 0 Å². The number of ether oxygens (including phenoxy) is 1. The molecule has 1 atom stereocenters. The van der Waals surface area contributed by atoms with E-state index in [1.165, 1.54) is 36.5 Å². The third kappa shape index (κ3) is 4.13. The van der Waals surface area contributed by atoms with Gasteiger partial charge >= 0.3 is 5.97 Å². The minimum atomic E-state index is -1.08. The zero-order valence-electron chi connectivity index (χ0n) is 12.4. The highest BCUT2D eigenvalue weighted by Gasteiger charge is 2.22. The van der Waals surface area contributed by atoms with E-state index in [2.05, 4.69) is 5.32 Å². The number of para-hydroxylation sites is 2. The van der Waals surface area contributed by atoms with Crippen LogP contribution < -0.4 is 5.32 Å². The molecule has 1 aromatic heterocycles.